The first-order valence-corrected chi connectivity index (χ1v) is 15.5. The molecule has 0 bridgehead atoms. The van der Waals surface area contributed by atoms with E-state index in [9.17, 15) is 32.7 Å². The predicted molar refractivity (Wildman–Crippen MR) is 167 cm³/mol. The largest absolute Gasteiger partial charge is 0.465 e. The van der Waals surface area contributed by atoms with Crippen molar-refractivity contribution in [2.24, 2.45) is 11.3 Å². The smallest absolute Gasteiger partial charge is 0.405 e. The first-order valence-electron chi connectivity index (χ1n) is 15.5. The lowest BCUT2D eigenvalue weighted by molar-refractivity contribution is -0.211. The third-order valence-corrected chi connectivity index (χ3v) is 9.34. The number of halogens is 3. The van der Waals surface area contributed by atoms with Crippen LogP contribution in [0.5, 0.6) is 0 Å². The lowest BCUT2D eigenvalue weighted by Crippen LogP contribution is -2.50. The Bertz CT molecular complexity index is 1570. The second-order valence-electron chi connectivity index (χ2n) is 12.9. The zero-order valence-corrected chi connectivity index (χ0v) is 25.8. The molecule has 2 saturated carbocycles. The van der Waals surface area contributed by atoms with Gasteiger partial charge in [0, 0.05) is 41.5 Å². The van der Waals surface area contributed by atoms with Gasteiger partial charge in [0.1, 0.15) is 5.41 Å². The normalized spacial score (nSPS) is 19.4. The van der Waals surface area contributed by atoms with Crippen molar-refractivity contribution in [3.05, 3.63) is 66.6 Å². The van der Waals surface area contributed by atoms with Crippen LogP contribution in [0.1, 0.15) is 70.8 Å². The van der Waals surface area contributed by atoms with E-state index in [2.05, 4.69) is 20.9 Å². The van der Waals surface area contributed by atoms with Gasteiger partial charge >= 0.3 is 12.3 Å². The fourth-order valence-corrected chi connectivity index (χ4v) is 6.15. The van der Waals surface area contributed by atoms with E-state index in [0.717, 1.165) is 55.4 Å². The van der Waals surface area contributed by atoms with E-state index in [1.165, 1.54) is 0 Å². The molecule has 2 aliphatic rings. The fourth-order valence-electron chi connectivity index (χ4n) is 6.15. The number of pyridine rings is 2. The van der Waals surface area contributed by atoms with Crippen LogP contribution in [0.2, 0.25) is 0 Å². The van der Waals surface area contributed by atoms with E-state index >= 15 is 0 Å². The van der Waals surface area contributed by atoms with Gasteiger partial charge in [-0.2, -0.15) is 13.2 Å². The van der Waals surface area contributed by atoms with Crippen LogP contribution in [-0.4, -0.2) is 45.2 Å². The molecule has 2 heterocycles. The standard InChI is InChI=1S/C34H38F3N5O4/c1-32(2,34(35,36)37)30(44)41-25-12-6-21(7-13-25)17-28(43)40-26-18-27(23-5-3-16-38-19-23)29(39-20-26)22-8-10-24(11-9-22)33(14-4-15-33)42-31(45)46/h3,5,8-11,16,18-21,25,42H,4,6-7,12-15,17H2,1-2H3,(H,40,43)(H,41,44)(H,45,46)/t21-,25-. The summed E-state index contributed by atoms with van der Waals surface area (Å²) in [6, 6.07) is 12.9. The maximum Gasteiger partial charge on any atom is 0.405 e. The van der Waals surface area contributed by atoms with E-state index in [1.807, 2.05) is 42.5 Å². The van der Waals surface area contributed by atoms with Crippen LogP contribution in [0.3, 0.4) is 0 Å². The monoisotopic (exact) mass is 637 g/mol. The molecule has 5 rings (SSSR count). The molecule has 0 saturated heterocycles. The number of amides is 3. The van der Waals surface area contributed by atoms with Gasteiger partial charge in [-0.25, -0.2) is 4.79 Å². The Morgan fingerprint density at radius 3 is 2.24 bits per heavy atom. The second-order valence-corrected chi connectivity index (χ2v) is 12.9. The Hall–Kier alpha value is -4.48. The van der Waals surface area contributed by atoms with Crippen LogP contribution in [0.25, 0.3) is 22.4 Å². The number of hydrogen-bond acceptors (Lipinski definition) is 5. The summed E-state index contributed by atoms with van der Waals surface area (Å²) < 4.78 is 39.7. The molecular formula is C34H38F3N5O4. The molecule has 0 aliphatic heterocycles. The van der Waals surface area contributed by atoms with Gasteiger partial charge in [0.25, 0.3) is 0 Å². The number of benzene rings is 1. The molecular weight excluding hydrogens is 599 g/mol. The molecule has 12 heteroatoms. The highest BCUT2D eigenvalue weighted by Crippen LogP contribution is 2.42. The average molecular weight is 638 g/mol. The second kappa shape index (κ2) is 13.1. The number of anilines is 1. The zero-order chi connectivity index (χ0) is 33.1. The van der Waals surface area contributed by atoms with E-state index in [0.29, 0.717) is 37.1 Å². The first kappa shape index (κ1) is 32.9. The first-order chi connectivity index (χ1) is 21.8. The lowest BCUT2D eigenvalue weighted by atomic mass is 9.71. The Balaban J connectivity index is 1.24. The molecule has 0 spiro atoms. The van der Waals surface area contributed by atoms with Crippen LogP contribution >= 0.6 is 0 Å². The Kier molecular flexibility index (Phi) is 9.37. The maximum absolute atomic E-state index is 13.2. The molecule has 3 amide bonds. The molecule has 0 radical (unpaired) electrons. The summed E-state index contributed by atoms with van der Waals surface area (Å²) in [6.45, 7) is 1.75. The van der Waals surface area contributed by atoms with Gasteiger partial charge in [-0.1, -0.05) is 30.3 Å². The van der Waals surface area contributed by atoms with Crippen molar-refractivity contribution < 1.29 is 32.7 Å². The number of carbonyl (C=O) groups excluding carboxylic acids is 2. The summed E-state index contributed by atoms with van der Waals surface area (Å²) in [4.78, 5) is 45.6. The van der Waals surface area contributed by atoms with Gasteiger partial charge in [0.05, 0.1) is 23.1 Å². The zero-order valence-electron chi connectivity index (χ0n) is 25.8. The van der Waals surface area contributed by atoms with Crippen LogP contribution < -0.4 is 16.0 Å². The van der Waals surface area contributed by atoms with Crippen molar-refractivity contribution in [3.63, 3.8) is 0 Å². The minimum absolute atomic E-state index is 0.0434. The quantitative estimate of drug-likeness (QED) is 0.199. The van der Waals surface area contributed by atoms with Gasteiger partial charge in [-0.15, -0.1) is 0 Å². The molecule has 0 atom stereocenters. The van der Waals surface area contributed by atoms with Gasteiger partial charge < -0.3 is 21.1 Å². The number of nitrogens with one attached hydrogen (secondary N) is 3. The van der Waals surface area contributed by atoms with Gasteiger partial charge in [0.15, 0.2) is 0 Å². The molecule has 2 fully saturated rings. The van der Waals surface area contributed by atoms with Crippen LogP contribution in [0.4, 0.5) is 23.7 Å². The lowest BCUT2D eigenvalue weighted by Gasteiger charge is -2.42. The summed E-state index contributed by atoms with van der Waals surface area (Å²) in [5, 5.41) is 17.5. The highest BCUT2D eigenvalue weighted by atomic mass is 19.4. The molecule has 4 N–H and O–H groups in total. The molecule has 9 nitrogen and oxygen atoms in total. The topological polar surface area (TPSA) is 133 Å². The minimum Gasteiger partial charge on any atom is -0.465 e. The number of carbonyl (C=O) groups is 3. The number of nitrogens with zero attached hydrogens (tertiary/aromatic N) is 2. The number of carboxylic acid groups (broad SMARTS) is 1. The van der Waals surface area contributed by atoms with Crippen LogP contribution in [0, 0.1) is 11.3 Å². The van der Waals surface area contributed by atoms with Crippen molar-refractivity contribution >= 4 is 23.6 Å². The van der Waals surface area contributed by atoms with E-state index in [1.54, 1.807) is 18.6 Å². The minimum atomic E-state index is -4.64. The molecule has 2 aromatic heterocycles. The molecule has 3 aromatic rings. The van der Waals surface area contributed by atoms with Crippen molar-refractivity contribution in [2.75, 3.05) is 5.32 Å². The average Bonchev–Trinajstić information content (AvgIpc) is 3.00. The Labute approximate surface area is 265 Å². The summed E-state index contributed by atoms with van der Waals surface area (Å²) in [6.07, 6.45) is 4.20. The molecule has 1 aromatic carbocycles. The fraction of sp³-hybridized carbons (Fsp3) is 0.441. The van der Waals surface area contributed by atoms with Crippen LogP contribution in [-0.2, 0) is 15.1 Å². The Morgan fingerprint density at radius 1 is 0.978 bits per heavy atom. The number of rotatable bonds is 9. The van der Waals surface area contributed by atoms with E-state index in [4.69, 9.17) is 4.98 Å². The molecule has 244 valence electrons. The number of alkyl halides is 3. The predicted octanol–water partition coefficient (Wildman–Crippen LogP) is 7.05. The van der Waals surface area contributed by atoms with Gasteiger partial charge in [0.2, 0.25) is 11.8 Å². The van der Waals surface area contributed by atoms with E-state index < -0.39 is 29.1 Å². The van der Waals surface area contributed by atoms with Crippen molar-refractivity contribution in [1.82, 2.24) is 20.6 Å². The highest BCUT2D eigenvalue weighted by molar-refractivity contribution is 5.93. The number of aromatic nitrogens is 2. The maximum atomic E-state index is 13.2. The van der Waals surface area contributed by atoms with Crippen LogP contribution in [0.15, 0.2) is 61.1 Å². The summed E-state index contributed by atoms with van der Waals surface area (Å²) >= 11 is 0. The highest BCUT2D eigenvalue weighted by Gasteiger charge is 2.53. The summed E-state index contributed by atoms with van der Waals surface area (Å²) in [5.74, 6) is -1.18. The van der Waals surface area contributed by atoms with Gasteiger partial charge in [-0.05, 0) is 82.4 Å². The Morgan fingerprint density at radius 2 is 1.67 bits per heavy atom. The van der Waals surface area contributed by atoms with Gasteiger partial charge in [-0.3, -0.25) is 19.6 Å². The number of hydrogen-bond donors (Lipinski definition) is 4. The van der Waals surface area contributed by atoms with Crippen molar-refractivity contribution in [1.29, 1.82) is 0 Å². The molecule has 0 unspecified atom stereocenters. The molecule has 2 aliphatic carbocycles. The summed E-state index contributed by atoms with van der Waals surface area (Å²) in [7, 11) is 0. The van der Waals surface area contributed by atoms with E-state index in [-0.39, 0.29) is 24.3 Å². The van der Waals surface area contributed by atoms with Crippen molar-refractivity contribution in [2.45, 2.75) is 83.0 Å². The van der Waals surface area contributed by atoms with Crippen molar-refractivity contribution in [3.8, 4) is 22.4 Å². The molecule has 46 heavy (non-hydrogen) atoms. The third kappa shape index (κ3) is 7.16. The third-order valence-electron chi connectivity index (χ3n) is 9.34. The summed E-state index contributed by atoms with van der Waals surface area (Å²) in [5.41, 5.74) is 1.45. The SMILES string of the molecule is CC(C)(C(=O)N[C@H]1CC[C@H](CC(=O)Nc2cnc(-c3ccc(C4(NC(=O)O)CCC4)cc3)c(-c3cccnc3)c2)CC1)C(F)(F)F.